The minimum atomic E-state index is 0.212. The number of nitrogens with zero attached hydrogens (tertiary/aromatic N) is 4. The van der Waals surface area contributed by atoms with Crippen LogP contribution in [-0.4, -0.2) is 19.6 Å². The van der Waals surface area contributed by atoms with E-state index in [9.17, 15) is 0 Å². The van der Waals surface area contributed by atoms with Crippen molar-refractivity contribution < 1.29 is 9.15 Å². The van der Waals surface area contributed by atoms with Gasteiger partial charge in [-0.15, -0.1) is 10.2 Å². The predicted molar refractivity (Wildman–Crippen MR) is 94.8 cm³/mol. The van der Waals surface area contributed by atoms with Crippen LogP contribution in [0.1, 0.15) is 11.6 Å². The van der Waals surface area contributed by atoms with Crippen LogP contribution in [0.5, 0.6) is 5.75 Å². The lowest BCUT2D eigenvalue weighted by atomic mass is 10.3. The molecule has 0 fully saturated rings. The van der Waals surface area contributed by atoms with E-state index in [1.165, 1.54) is 11.8 Å². The van der Waals surface area contributed by atoms with Gasteiger partial charge in [0.25, 0.3) is 11.1 Å². The van der Waals surface area contributed by atoms with Gasteiger partial charge >= 0.3 is 0 Å². The van der Waals surface area contributed by atoms with Crippen LogP contribution < -0.4 is 4.74 Å². The van der Waals surface area contributed by atoms with Crippen LogP contribution in [0.25, 0.3) is 5.65 Å². The molecule has 3 aromatic heterocycles. The van der Waals surface area contributed by atoms with Gasteiger partial charge in [0.05, 0.1) is 5.69 Å². The average Bonchev–Trinajstić information content (AvgIpc) is 3.25. The molecule has 25 heavy (non-hydrogen) atoms. The third-order valence-electron chi connectivity index (χ3n) is 3.38. The fourth-order valence-electron chi connectivity index (χ4n) is 2.22. The maximum absolute atomic E-state index is 5.84. The molecule has 0 spiro atoms. The summed E-state index contributed by atoms with van der Waals surface area (Å²) >= 11 is 7.28. The Kier molecular flexibility index (Phi) is 4.58. The first-order valence-electron chi connectivity index (χ1n) is 7.52. The molecule has 6 nitrogen and oxygen atoms in total. The minimum Gasteiger partial charge on any atom is -0.484 e. The smallest absolute Gasteiger partial charge is 0.277 e. The zero-order chi connectivity index (χ0) is 17.1. The lowest BCUT2D eigenvalue weighted by Crippen LogP contribution is -1.95. The van der Waals surface area contributed by atoms with E-state index in [0.29, 0.717) is 27.6 Å². The van der Waals surface area contributed by atoms with Crippen LogP contribution in [0.2, 0.25) is 5.02 Å². The summed E-state index contributed by atoms with van der Waals surface area (Å²) in [5.41, 5.74) is 1.87. The molecule has 0 atom stereocenters. The average molecular weight is 373 g/mol. The van der Waals surface area contributed by atoms with Crippen molar-refractivity contribution >= 4 is 29.0 Å². The molecule has 0 aliphatic carbocycles. The molecule has 0 bridgehead atoms. The number of ether oxygens (including phenoxy) is 1. The summed E-state index contributed by atoms with van der Waals surface area (Å²) in [6.45, 7) is 0.212. The summed E-state index contributed by atoms with van der Waals surface area (Å²) in [5, 5.41) is 9.17. The van der Waals surface area contributed by atoms with Crippen molar-refractivity contribution in [1.29, 1.82) is 0 Å². The van der Waals surface area contributed by atoms with Gasteiger partial charge in [-0.05, 0) is 36.4 Å². The third-order valence-corrected chi connectivity index (χ3v) is 4.49. The van der Waals surface area contributed by atoms with Crippen LogP contribution in [-0.2, 0) is 12.4 Å². The van der Waals surface area contributed by atoms with Crippen molar-refractivity contribution in [3.8, 4) is 5.75 Å². The van der Waals surface area contributed by atoms with Gasteiger partial charge in [0.1, 0.15) is 11.4 Å². The molecule has 0 saturated heterocycles. The van der Waals surface area contributed by atoms with E-state index in [1.54, 1.807) is 24.3 Å². The number of aromatic nitrogens is 4. The summed E-state index contributed by atoms with van der Waals surface area (Å²) in [5.74, 6) is 1.77. The van der Waals surface area contributed by atoms with Crippen molar-refractivity contribution in [3.63, 3.8) is 0 Å². The summed E-state index contributed by atoms with van der Waals surface area (Å²) < 4.78 is 13.1. The second-order valence-corrected chi connectivity index (χ2v) is 6.55. The van der Waals surface area contributed by atoms with E-state index in [0.717, 1.165) is 11.3 Å². The van der Waals surface area contributed by atoms with Crippen LogP contribution in [0.3, 0.4) is 0 Å². The number of pyridine rings is 1. The fourth-order valence-corrected chi connectivity index (χ4v) is 3.01. The lowest BCUT2D eigenvalue weighted by Gasteiger charge is -2.02. The molecule has 126 valence electrons. The molecule has 1 aromatic carbocycles. The number of benzene rings is 1. The van der Waals surface area contributed by atoms with Crippen molar-refractivity contribution in [1.82, 2.24) is 19.6 Å². The quantitative estimate of drug-likeness (QED) is 0.471. The number of imidazole rings is 1. The molecule has 4 aromatic rings. The number of hydrogen-bond acceptors (Lipinski definition) is 6. The summed E-state index contributed by atoms with van der Waals surface area (Å²) in [6.07, 6.45) is 3.96. The molecule has 0 saturated carbocycles. The first-order valence-corrected chi connectivity index (χ1v) is 8.89. The van der Waals surface area contributed by atoms with Gasteiger partial charge in [0, 0.05) is 23.2 Å². The Morgan fingerprint density at radius 1 is 1.12 bits per heavy atom. The van der Waals surface area contributed by atoms with Gasteiger partial charge in [-0.25, -0.2) is 4.98 Å². The Morgan fingerprint density at radius 2 is 2.00 bits per heavy atom. The number of hydrogen-bond donors (Lipinski definition) is 0. The highest BCUT2D eigenvalue weighted by molar-refractivity contribution is 7.98. The number of rotatable bonds is 6. The van der Waals surface area contributed by atoms with E-state index in [2.05, 4.69) is 15.2 Å². The van der Waals surface area contributed by atoms with Gasteiger partial charge in [-0.2, -0.15) is 0 Å². The van der Waals surface area contributed by atoms with E-state index in [-0.39, 0.29) is 6.61 Å². The third kappa shape index (κ3) is 3.94. The van der Waals surface area contributed by atoms with Crippen molar-refractivity contribution in [2.75, 3.05) is 0 Å². The molecular weight excluding hydrogens is 360 g/mol. The molecule has 8 heteroatoms. The molecule has 0 N–H and O–H groups in total. The van der Waals surface area contributed by atoms with Crippen molar-refractivity contribution in [2.24, 2.45) is 0 Å². The molecule has 0 radical (unpaired) electrons. The topological polar surface area (TPSA) is 65.5 Å². The zero-order valence-electron chi connectivity index (χ0n) is 13.0. The Balaban J connectivity index is 1.33. The minimum absolute atomic E-state index is 0.212. The van der Waals surface area contributed by atoms with Gasteiger partial charge < -0.3 is 13.6 Å². The molecule has 0 aliphatic heterocycles. The summed E-state index contributed by atoms with van der Waals surface area (Å²) in [4.78, 5) is 4.53. The molecule has 0 unspecified atom stereocenters. The Bertz CT molecular complexity index is 951. The largest absolute Gasteiger partial charge is 0.484 e. The lowest BCUT2D eigenvalue weighted by molar-refractivity contribution is 0.252. The van der Waals surface area contributed by atoms with Gasteiger partial charge in [-0.3, -0.25) is 0 Å². The van der Waals surface area contributed by atoms with Crippen LogP contribution in [0, 0.1) is 0 Å². The highest BCUT2D eigenvalue weighted by atomic mass is 35.5. The Labute approximate surface area is 152 Å². The van der Waals surface area contributed by atoms with Gasteiger partial charge in [-0.1, -0.05) is 29.4 Å². The molecule has 3 heterocycles. The normalized spacial score (nSPS) is 11.1. The standard InChI is InChI=1S/C17H13ClN4O2S/c18-12-4-6-14(7-5-12)23-10-16-20-21-17(24-16)25-11-13-9-22-8-2-1-3-15(22)19-13/h1-9H,10-11H2. The second kappa shape index (κ2) is 7.16. The maximum Gasteiger partial charge on any atom is 0.277 e. The number of fused-ring (bicyclic) bond motifs is 1. The molecule has 4 rings (SSSR count). The summed E-state index contributed by atoms with van der Waals surface area (Å²) in [7, 11) is 0. The van der Waals surface area contributed by atoms with Gasteiger partial charge in [0.2, 0.25) is 0 Å². The first-order chi connectivity index (χ1) is 12.3. The van der Waals surface area contributed by atoms with Crippen molar-refractivity contribution in [2.45, 2.75) is 17.6 Å². The van der Waals surface area contributed by atoms with E-state index < -0.39 is 0 Å². The highest BCUT2D eigenvalue weighted by Crippen LogP contribution is 2.22. The summed E-state index contributed by atoms with van der Waals surface area (Å²) in [6, 6.07) is 13.0. The van der Waals surface area contributed by atoms with Crippen molar-refractivity contribution in [3.05, 3.63) is 71.5 Å². The maximum atomic E-state index is 5.84. The number of thioether (sulfide) groups is 1. The molecule has 0 amide bonds. The molecular formula is C17H13ClN4O2S. The van der Waals surface area contributed by atoms with E-state index >= 15 is 0 Å². The Morgan fingerprint density at radius 3 is 2.84 bits per heavy atom. The predicted octanol–water partition coefficient (Wildman–Crippen LogP) is 4.24. The van der Waals surface area contributed by atoms with E-state index in [1.807, 2.05) is 35.0 Å². The Hall–Kier alpha value is -2.51. The number of halogens is 1. The highest BCUT2D eigenvalue weighted by Gasteiger charge is 2.09. The van der Waals surface area contributed by atoms with Gasteiger partial charge in [0.15, 0.2) is 6.61 Å². The van der Waals surface area contributed by atoms with Crippen LogP contribution in [0.15, 0.2) is 64.5 Å². The fraction of sp³-hybridized carbons (Fsp3) is 0.118. The van der Waals surface area contributed by atoms with E-state index in [4.69, 9.17) is 20.8 Å². The monoisotopic (exact) mass is 372 g/mol. The second-order valence-electron chi connectivity index (χ2n) is 5.19. The molecule has 0 aliphatic rings. The zero-order valence-corrected chi connectivity index (χ0v) is 14.6. The first kappa shape index (κ1) is 16.0. The van der Waals surface area contributed by atoms with Crippen LogP contribution >= 0.6 is 23.4 Å². The van der Waals surface area contributed by atoms with Crippen LogP contribution in [0.4, 0.5) is 0 Å². The SMILES string of the molecule is Clc1ccc(OCc2nnc(SCc3cn4ccccc4n3)o2)cc1.